The van der Waals surface area contributed by atoms with Gasteiger partial charge in [-0.3, -0.25) is 14.9 Å². The molecule has 140 valence electrons. The topological polar surface area (TPSA) is 93.2 Å². The minimum absolute atomic E-state index is 0.0818. The molecule has 27 heavy (non-hydrogen) atoms. The Labute approximate surface area is 164 Å². The number of aromatic nitrogens is 2. The van der Waals surface area contributed by atoms with Crippen LogP contribution in [0.2, 0.25) is 0 Å². The third-order valence-corrected chi connectivity index (χ3v) is 5.53. The summed E-state index contributed by atoms with van der Waals surface area (Å²) < 4.78 is 5.23. The molecule has 0 radical (unpaired) electrons. The average molecular weight is 403 g/mol. The fourth-order valence-electron chi connectivity index (χ4n) is 2.33. The highest BCUT2D eigenvalue weighted by Gasteiger charge is 2.17. The van der Waals surface area contributed by atoms with Gasteiger partial charge in [0.05, 0.1) is 28.9 Å². The van der Waals surface area contributed by atoms with Gasteiger partial charge in [-0.05, 0) is 19.1 Å². The number of aryl methyl sites for hydroxylation is 1. The number of benzene rings is 1. The van der Waals surface area contributed by atoms with Gasteiger partial charge >= 0.3 is 0 Å². The lowest BCUT2D eigenvalue weighted by molar-refractivity contribution is -0.115. The number of nitrogens with one attached hydrogen (secondary N) is 2. The van der Waals surface area contributed by atoms with E-state index in [4.69, 9.17) is 4.74 Å². The second-order valence-electron chi connectivity index (χ2n) is 5.53. The van der Waals surface area contributed by atoms with E-state index < -0.39 is 0 Å². The highest BCUT2D eigenvalue weighted by Crippen LogP contribution is 2.35. The van der Waals surface area contributed by atoms with E-state index in [0.717, 1.165) is 16.3 Å². The lowest BCUT2D eigenvalue weighted by atomic mass is 10.2. The number of ether oxygens (including phenoxy) is 1. The van der Waals surface area contributed by atoms with Gasteiger partial charge in [0, 0.05) is 11.8 Å². The zero-order valence-electron chi connectivity index (χ0n) is 15.0. The van der Waals surface area contributed by atoms with Crippen LogP contribution >= 0.6 is 22.7 Å². The molecule has 3 rings (SSSR count). The maximum Gasteiger partial charge on any atom is 0.261 e. The van der Waals surface area contributed by atoms with Crippen LogP contribution in [0.3, 0.4) is 0 Å². The van der Waals surface area contributed by atoms with E-state index in [2.05, 4.69) is 20.6 Å². The monoisotopic (exact) mass is 402 g/mol. The van der Waals surface area contributed by atoms with Gasteiger partial charge in [0.1, 0.15) is 5.75 Å². The number of methoxy groups -OCH3 is 1. The molecule has 2 amide bonds. The van der Waals surface area contributed by atoms with E-state index in [-0.39, 0.29) is 11.8 Å². The number of para-hydroxylation sites is 1. The number of anilines is 2. The molecule has 3 aromatic rings. The maximum atomic E-state index is 12.5. The minimum Gasteiger partial charge on any atom is -0.496 e. The summed E-state index contributed by atoms with van der Waals surface area (Å²) in [6.45, 7) is 3.64. The first-order valence-electron chi connectivity index (χ1n) is 8.19. The smallest absolute Gasteiger partial charge is 0.261 e. The Morgan fingerprint density at radius 3 is 2.67 bits per heavy atom. The molecule has 0 bridgehead atoms. The molecule has 0 aliphatic carbocycles. The molecule has 0 aliphatic rings. The van der Waals surface area contributed by atoms with Gasteiger partial charge in [-0.2, -0.15) is 0 Å². The molecule has 2 aromatic heterocycles. The average Bonchev–Trinajstić information content (AvgIpc) is 3.27. The lowest BCUT2D eigenvalue weighted by Gasteiger charge is -2.06. The van der Waals surface area contributed by atoms with E-state index in [1.54, 1.807) is 31.2 Å². The van der Waals surface area contributed by atoms with Crippen LogP contribution < -0.4 is 15.4 Å². The van der Waals surface area contributed by atoms with Crippen LogP contribution in [-0.4, -0.2) is 28.9 Å². The first-order chi connectivity index (χ1) is 13.0. The number of carbonyl (C=O) groups is 2. The van der Waals surface area contributed by atoms with Gasteiger partial charge in [0.15, 0.2) is 10.3 Å². The summed E-state index contributed by atoms with van der Waals surface area (Å²) in [4.78, 5) is 33.7. The van der Waals surface area contributed by atoms with Crippen molar-refractivity contribution in [1.82, 2.24) is 9.97 Å². The van der Waals surface area contributed by atoms with Crippen LogP contribution in [-0.2, 0) is 4.79 Å². The normalized spacial score (nSPS) is 10.5. The number of hydrogen-bond acceptors (Lipinski definition) is 7. The summed E-state index contributed by atoms with van der Waals surface area (Å²) >= 11 is 2.69. The second kappa shape index (κ2) is 8.28. The molecule has 0 saturated heterocycles. The van der Waals surface area contributed by atoms with Crippen molar-refractivity contribution in [2.45, 2.75) is 20.3 Å². The molecular formula is C18H18N4O3S2. The predicted molar refractivity (Wildman–Crippen MR) is 108 cm³/mol. The molecule has 0 fully saturated rings. The number of amides is 2. The van der Waals surface area contributed by atoms with Crippen LogP contribution in [0.15, 0.2) is 29.6 Å². The van der Waals surface area contributed by atoms with Gasteiger partial charge in [-0.25, -0.2) is 9.97 Å². The van der Waals surface area contributed by atoms with Crippen LogP contribution in [0.4, 0.5) is 10.3 Å². The van der Waals surface area contributed by atoms with Gasteiger partial charge < -0.3 is 10.1 Å². The van der Waals surface area contributed by atoms with E-state index >= 15 is 0 Å². The Balaban J connectivity index is 1.78. The van der Waals surface area contributed by atoms with Crippen molar-refractivity contribution in [2.75, 3.05) is 17.7 Å². The first kappa shape index (κ1) is 19.0. The molecular weight excluding hydrogens is 384 g/mol. The minimum atomic E-state index is -0.290. The van der Waals surface area contributed by atoms with Crippen LogP contribution in [0.25, 0.3) is 10.6 Å². The number of thiazole rings is 2. The van der Waals surface area contributed by atoms with Crippen molar-refractivity contribution < 1.29 is 14.3 Å². The number of carbonyl (C=O) groups excluding carboxylic acids is 2. The van der Waals surface area contributed by atoms with E-state index in [1.807, 2.05) is 12.3 Å². The molecule has 7 nitrogen and oxygen atoms in total. The van der Waals surface area contributed by atoms with E-state index in [0.29, 0.717) is 28.0 Å². The van der Waals surface area contributed by atoms with Gasteiger partial charge in [-0.1, -0.05) is 30.4 Å². The van der Waals surface area contributed by atoms with Gasteiger partial charge in [-0.15, -0.1) is 11.3 Å². The van der Waals surface area contributed by atoms with E-state index in [9.17, 15) is 9.59 Å². The summed E-state index contributed by atoms with van der Waals surface area (Å²) in [7, 11) is 1.52. The first-order valence-corrected chi connectivity index (χ1v) is 9.89. The zero-order chi connectivity index (χ0) is 19.4. The summed E-state index contributed by atoms with van der Waals surface area (Å²) in [5.41, 5.74) is 1.92. The predicted octanol–water partition coefficient (Wildman–Crippen LogP) is 4.18. The zero-order valence-corrected chi connectivity index (χ0v) is 16.7. The third kappa shape index (κ3) is 4.32. The number of nitrogens with zero attached hydrogens (tertiary/aromatic N) is 2. The van der Waals surface area contributed by atoms with Crippen LogP contribution in [0, 0.1) is 6.92 Å². The number of hydrogen-bond donors (Lipinski definition) is 2. The largest absolute Gasteiger partial charge is 0.496 e. The molecule has 0 aliphatic heterocycles. The van der Waals surface area contributed by atoms with Crippen molar-refractivity contribution in [2.24, 2.45) is 0 Å². The van der Waals surface area contributed by atoms with Crippen molar-refractivity contribution in [3.8, 4) is 16.3 Å². The highest BCUT2D eigenvalue weighted by atomic mass is 32.1. The van der Waals surface area contributed by atoms with Crippen molar-refractivity contribution >= 4 is 44.8 Å². The quantitative estimate of drug-likeness (QED) is 0.645. The summed E-state index contributed by atoms with van der Waals surface area (Å²) in [6.07, 6.45) is 0.396. The molecule has 1 aromatic carbocycles. The Kier molecular flexibility index (Phi) is 5.82. The van der Waals surface area contributed by atoms with E-state index in [1.165, 1.54) is 29.8 Å². The van der Waals surface area contributed by atoms with Crippen molar-refractivity contribution in [1.29, 1.82) is 0 Å². The molecule has 0 saturated carbocycles. The standard InChI is InChI=1S/C18H18N4O3S2/c1-4-14(23)21-17-20-12(9-26-17)15-10(2)19-18(27-15)22-16(24)11-7-5-6-8-13(11)25-3/h5-9H,4H2,1-3H3,(H,19,22,24)(H,20,21,23). The van der Waals surface area contributed by atoms with Crippen molar-refractivity contribution in [3.05, 3.63) is 40.9 Å². The van der Waals surface area contributed by atoms with Crippen LogP contribution in [0.5, 0.6) is 5.75 Å². The molecule has 0 spiro atoms. The molecule has 0 unspecified atom stereocenters. The molecule has 0 atom stereocenters. The number of rotatable bonds is 6. The molecule has 9 heteroatoms. The summed E-state index contributed by atoms with van der Waals surface area (Å²) in [5.74, 6) is 0.128. The van der Waals surface area contributed by atoms with Crippen molar-refractivity contribution in [3.63, 3.8) is 0 Å². The molecule has 2 heterocycles. The fourth-order valence-corrected chi connectivity index (χ4v) is 4.04. The Morgan fingerprint density at radius 1 is 1.15 bits per heavy atom. The third-order valence-electron chi connectivity index (χ3n) is 3.67. The fraction of sp³-hybridized carbons (Fsp3) is 0.222. The highest BCUT2D eigenvalue weighted by molar-refractivity contribution is 7.20. The second-order valence-corrected chi connectivity index (χ2v) is 7.38. The van der Waals surface area contributed by atoms with Crippen LogP contribution in [0.1, 0.15) is 29.4 Å². The Hall–Kier alpha value is -2.78. The Morgan fingerprint density at radius 2 is 1.93 bits per heavy atom. The summed E-state index contributed by atoms with van der Waals surface area (Å²) in [5, 5.41) is 8.43. The lowest BCUT2D eigenvalue weighted by Crippen LogP contribution is -2.12. The maximum absolute atomic E-state index is 12.5. The SMILES string of the molecule is CCC(=O)Nc1nc(-c2sc(NC(=O)c3ccccc3OC)nc2C)cs1. The van der Waals surface area contributed by atoms with Gasteiger partial charge in [0.2, 0.25) is 5.91 Å². The Bertz CT molecular complexity index is 981. The summed E-state index contributed by atoms with van der Waals surface area (Å²) in [6, 6.07) is 7.00. The molecule has 2 N–H and O–H groups in total. The van der Waals surface area contributed by atoms with Gasteiger partial charge in [0.25, 0.3) is 5.91 Å².